The van der Waals surface area contributed by atoms with Crippen LogP contribution >= 0.6 is 0 Å². The molecule has 4 aliphatic rings. The highest BCUT2D eigenvalue weighted by atomic mass is 16.5. The standard InChI is InChI=1S/C26H43N5O2/c1-29-23-10-9-21(19-22(23)24(28-29)25(32)30-13-7-4-8-14-30)27-20-26(11-5-2-3-6-12-26)31-15-17-33-18-16-31/h21,27H,2-20H2,1H3/t21-/m0/s1. The highest BCUT2D eigenvalue weighted by Crippen LogP contribution is 2.34. The SMILES string of the molecule is Cn1nc(C(=O)N2CCCCC2)c2c1CC[C@H](NCC1(N3CCOCC3)CCCCCC1)C2. The Balaban J connectivity index is 1.29. The summed E-state index contributed by atoms with van der Waals surface area (Å²) in [5, 5.41) is 8.74. The lowest BCUT2D eigenvalue weighted by Gasteiger charge is -2.46. The van der Waals surface area contributed by atoms with Crippen molar-refractivity contribution in [3.63, 3.8) is 0 Å². The zero-order chi connectivity index (χ0) is 22.7. The molecule has 1 aromatic rings. The predicted molar refractivity (Wildman–Crippen MR) is 130 cm³/mol. The van der Waals surface area contributed by atoms with Crippen molar-refractivity contribution in [3.8, 4) is 0 Å². The van der Waals surface area contributed by atoms with E-state index in [0.29, 0.717) is 6.04 Å². The fraction of sp³-hybridized carbons (Fsp3) is 0.846. The van der Waals surface area contributed by atoms with Crippen molar-refractivity contribution in [3.05, 3.63) is 17.0 Å². The van der Waals surface area contributed by atoms with Gasteiger partial charge in [0.1, 0.15) is 0 Å². The summed E-state index contributed by atoms with van der Waals surface area (Å²) in [5.74, 6) is 0.153. The quantitative estimate of drug-likeness (QED) is 0.689. The number of fused-ring (bicyclic) bond motifs is 1. The van der Waals surface area contributed by atoms with E-state index in [4.69, 9.17) is 9.84 Å². The molecule has 1 aromatic heterocycles. The molecule has 184 valence electrons. The third kappa shape index (κ3) is 5.01. The van der Waals surface area contributed by atoms with Gasteiger partial charge in [0, 0.05) is 62.6 Å². The molecule has 0 unspecified atom stereocenters. The highest BCUT2D eigenvalue weighted by Gasteiger charge is 2.39. The van der Waals surface area contributed by atoms with Gasteiger partial charge in [-0.15, -0.1) is 0 Å². The minimum Gasteiger partial charge on any atom is -0.379 e. The maximum absolute atomic E-state index is 13.3. The lowest BCUT2D eigenvalue weighted by Crippen LogP contribution is -2.59. The van der Waals surface area contributed by atoms with Gasteiger partial charge in [0.15, 0.2) is 5.69 Å². The fourth-order valence-corrected chi connectivity index (χ4v) is 6.75. The largest absolute Gasteiger partial charge is 0.379 e. The van der Waals surface area contributed by atoms with Crippen molar-refractivity contribution in [1.82, 2.24) is 24.9 Å². The fourth-order valence-electron chi connectivity index (χ4n) is 6.75. The molecule has 33 heavy (non-hydrogen) atoms. The van der Waals surface area contributed by atoms with Crippen molar-refractivity contribution in [2.75, 3.05) is 45.9 Å². The average Bonchev–Trinajstić information content (AvgIpc) is 3.03. The summed E-state index contributed by atoms with van der Waals surface area (Å²) in [5.41, 5.74) is 3.46. The number of nitrogens with zero attached hydrogens (tertiary/aromatic N) is 4. The van der Waals surface area contributed by atoms with Gasteiger partial charge in [-0.05, 0) is 51.4 Å². The van der Waals surface area contributed by atoms with E-state index in [2.05, 4.69) is 10.2 Å². The van der Waals surface area contributed by atoms with Crippen LogP contribution in [-0.4, -0.2) is 83.0 Å². The Bertz CT molecular complexity index is 802. The molecular weight excluding hydrogens is 414 g/mol. The maximum atomic E-state index is 13.3. The first-order chi connectivity index (χ1) is 16.2. The molecule has 0 spiro atoms. The molecule has 1 saturated carbocycles. The molecule has 5 rings (SSSR count). The second-order valence-corrected chi connectivity index (χ2v) is 10.8. The number of morpholine rings is 1. The van der Waals surface area contributed by atoms with Gasteiger partial charge >= 0.3 is 0 Å². The Hall–Kier alpha value is -1.44. The maximum Gasteiger partial charge on any atom is 0.274 e. The molecule has 7 heteroatoms. The van der Waals surface area contributed by atoms with Crippen molar-refractivity contribution < 1.29 is 9.53 Å². The number of nitrogens with one attached hydrogen (secondary N) is 1. The van der Waals surface area contributed by atoms with Crippen LogP contribution in [0.5, 0.6) is 0 Å². The number of likely N-dealkylation sites (tertiary alicyclic amines) is 1. The number of amides is 1. The first-order valence-corrected chi connectivity index (χ1v) is 13.6. The summed E-state index contributed by atoms with van der Waals surface area (Å²) in [6.45, 7) is 6.68. The molecule has 2 saturated heterocycles. The van der Waals surface area contributed by atoms with Gasteiger partial charge in [-0.1, -0.05) is 25.7 Å². The van der Waals surface area contributed by atoms with E-state index in [1.807, 2.05) is 16.6 Å². The van der Waals surface area contributed by atoms with Crippen LogP contribution < -0.4 is 5.32 Å². The van der Waals surface area contributed by atoms with Crippen LogP contribution in [0.3, 0.4) is 0 Å². The first-order valence-electron chi connectivity index (χ1n) is 13.6. The number of carbonyl (C=O) groups excluding carboxylic acids is 1. The number of carbonyl (C=O) groups is 1. The molecule has 2 aliphatic heterocycles. The van der Waals surface area contributed by atoms with Crippen LogP contribution in [0.4, 0.5) is 0 Å². The third-order valence-electron chi connectivity index (χ3n) is 8.74. The Morgan fingerprint density at radius 2 is 1.73 bits per heavy atom. The van der Waals surface area contributed by atoms with E-state index >= 15 is 0 Å². The van der Waals surface area contributed by atoms with E-state index in [9.17, 15) is 4.79 Å². The van der Waals surface area contributed by atoms with Gasteiger partial charge in [-0.2, -0.15) is 5.10 Å². The number of hydrogen-bond donors (Lipinski definition) is 1. The van der Waals surface area contributed by atoms with Crippen LogP contribution in [0.2, 0.25) is 0 Å². The molecular formula is C26H43N5O2. The Kier molecular flexibility index (Phi) is 7.38. The molecule has 0 bridgehead atoms. The van der Waals surface area contributed by atoms with Crippen LogP contribution in [0.15, 0.2) is 0 Å². The van der Waals surface area contributed by atoms with Crippen molar-refractivity contribution in [2.24, 2.45) is 7.05 Å². The molecule has 0 radical (unpaired) electrons. The second-order valence-electron chi connectivity index (χ2n) is 10.8. The third-order valence-corrected chi connectivity index (χ3v) is 8.74. The van der Waals surface area contributed by atoms with Crippen molar-refractivity contribution in [2.45, 2.75) is 88.6 Å². The lowest BCUT2D eigenvalue weighted by atomic mass is 9.85. The summed E-state index contributed by atoms with van der Waals surface area (Å²) in [6, 6.07) is 0.427. The monoisotopic (exact) mass is 457 g/mol. The van der Waals surface area contributed by atoms with Crippen molar-refractivity contribution in [1.29, 1.82) is 0 Å². The van der Waals surface area contributed by atoms with Gasteiger partial charge in [-0.25, -0.2) is 0 Å². The number of aryl methyl sites for hydroxylation is 1. The summed E-state index contributed by atoms with van der Waals surface area (Å²) in [7, 11) is 2.01. The molecule has 1 N–H and O–H groups in total. The Morgan fingerprint density at radius 3 is 2.45 bits per heavy atom. The molecule has 2 aliphatic carbocycles. The molecule has 1 atom stereocenters. The van der Waals surface area contributed by atoms with Crippen LogP contribution in [0.1, 0.15) is 86.0 Å². The van der Waals surface area contributed by atoms with Crippen LogP contribution in [0, 0.1) is 0 Å². The average molecular weight is 458 g/mol. The van der Waals surface area contributed by atoms with E-state index in [1.165, 1.54) is 56.2 Å². The number of piperidine rings is 1. The smallest absolute Gasteiger partial charge is 0.274 e. The van der Waals surface area contributed by atoms with Gasteiger partial charge in [0.2, 0.25) is 0 Å². The second kappa shape index (κ2) is 10.4. The molecule has 3 fully saturated rings. The highest BCUT2D eigenvalue weighted by molar-refractivity contribution is 5.94. The molecule has 0 aromatic carbocycles. The first kappa shape index (κ1) is 23.3. The zero-order valence-corrected chi connectivity index (χ0v) is 20.6. The van der Waals surface area contributed by atoms with Gasteiger partial charge in [0.25, 0.3) is 5.91 Å². The minimum atomic E-state index is 0.153. The number of hydrogen-bond acceptors (Lipinski definition) is 5. The summed E-state index contributed by atoms with van der Waals surface area (Å²) in [4.78, 5) is 18.1. The number of rotatable bonds is 5. The summed E-state index contributed by atoms with van der Waals surface area (Å²) in [6.07, 6.45) is 14.6. The van der Waals surface area contributed by atoms with E-state index in [0.717, 1.165) is 83.7 Å². The zero-order valence-electron chi connectivity index (χ0n) is 20.6. The molecule has 3 heterocycles. The van der Waals surface area contributed by atoms with E-state index < -0.39 is 0 Å². The van der Waals surface area contributed by atoms with Gasteiger partial charge in [0.05, 0.1) is 13.2 Å². The Morgan fingerprint density at radius 1 is 1.03 bits per heavy atom. The predicted octanol–water partition coefficient (Wildman–Crippen LogP) is 2.92. The van der Waals surface area contributed by atoms with Gasteiger partial charge < -0.3 is 15.0 Å². The molecule has 7 nitrogen and oxygen atoms in total. The topological polar surface area (TPSA) is 62.6 Å². The Labute approximate surface area is 199 Å². The van der Waals surface area contributed by atoms with E-state index in [1.54, 1.807) is 0 Å². The number of aromatic nitrogens is 2. The van der Waals surface area contributed by atoms with E-state index in [-0.39, 0.29) is 11.4 Å². The lowest BCUT2D eigenvalue weighted by molar-refractivity contribution is -0.0297. The van der Waals surface area contributed by atoms with Crippen LogP contribution in [-0.2, 0) is 24.6 Å². The normalized spacial score (nSPS) is 26.6. The van der Waals surface area contributed by atoms with Crippen LogP contribution in [0.25, 0.3) is 0 Å². The molecule has 1 amide bonds. The summed E-state index contributed by atoms with van der Waals surface area (Å²) >= 11 is 0. The minimum absolute atomic E-state index is 0.153. The van der Waals surface area contributed by atoms with Gasteiger partial charge in [-0.3, -0.25) is 14.4 Å². The number of ether oxygens (including phenoxy) is 1. The van der Waals surface area contributed by atoms with Crippen molar-refractivity contribution >= 4 is 5.91 Å². The summed E-state index contributed by atoms with van der Waals surface area (Å²) < 4.78 is 7.66.